The summed E-state index contributed by atoms with van der Waals surface area (Å²) in [5, 5.41) is 17.2. The molecule has 6 heteroatoms. The van der Waals surface area contributed by atoms with Gasteiger partial charge < -0.3 is 13.2 Å². The van der Waals surface area contributed by atoms with Crippen molar-refractivity contribution in [3.63, 3.8) is 0 Å². The third-order valence-electron chi connectivity index (χ3n) is 31.4. The van der Waals surface area contributed by atoms with Crippen LogP contribution >= 0.6 is 0 Å². The van der Waals surface area contributed by atoms with E-state index < -0.39 is 0 Å². The molecule has 0 saturated carbocycles. The van der Waals surface area contributed by atoms with Crippen molar-refractivity contribution in [2.24, 2.45) is 0 Å². The van der Waals surface area contributed by atoms with Gasteiger partial charge in [0.1, 0.15) is 16.9 Å². The van der Waals surface area contributed by atoms with Gasteiger partial charge in [-0.3, -0.25) is 0 Å². The lowest BCUT2D eigenvalue weighted by atomic mass is 9.82. The summed E-state index contributed by atoms with van der Waals surface area (Å²) in [4.78, 5) is 15.1. The Morgan fingerprint density at radius 3 is 0.717 bits per heavy atom. The van der Waals surface area contributed by atoms with Crippen LogP contribution < -0.4 is 0 Å². The normalized spacial score (nSPS) is 12.1. The minimum atomic E-state index is 0.929. The van der Waals surface area contributed by atoms with Gasteiger partial charge in [-0.25, -0.2) is 15.0 Å². The Morgan fingerprint density at radius 1 is 0.131 bits per heavy atom. The van der Waals surface area contributed by atoms with E-state index in [1.54, 1.807) is 0 Å². The van der Waals surface area contributed by atoms with Crippen molar-refractivity contribution in [2.75, 3.05) is 0 Å². The number of imidazole rings is 3. The highest BCUT2D eigenvalue weighted by molar-refractivity contribution is 6.33. The number of fused-ring (bicyclic) bond motifs is 16. The molecule has 6 aromatic heterocycles. The van der Waals surface area contributed by atoms with Crippen LogP contribution in [0.3, 0.4) is 0 Å². The van der Waals surface area contributed by atoms with Crippen molar-refractivity contribution in [1.29, 1.82) is 0 Å². The van der Waals surface area contributed by atoms with E-state index in [-0.39, 0.29) is 0 Å². The molecule has 3 aliphatic carbocycles. The smallest absolute Gasteiger partial charge is 0.137 e. The van der Waals surface area contributed by atoms with Crippen molar-refractivity contribution in [3.8, 4) is 223 Å². The first-order valence-electron chi connectivity index (χ1n) is 50.0. The molecule has 3 aliphatic rings. The summed E-state index contributed by atoms with van der Waals surface area (Å²) in [5.41, 5.74) is 50.4. The van der Waals surface area contributed by atoms with Gasteiger partial charge in [0.05, 0.1) is 17.1 Å². The van der Waals surface area contributed by atoms with Crippen LogP contribution in [-0.4, -0.2) is 28.2 Å². The third-order valence-corrected chi connectivity index (χ3v) is 31.4. The average Bonchev–Trinajstić information content (AvgIpc) is 1.55. The summed E-state index contributed by atoms with van der Waals surface area (Å²) in [5.74, 6) is 0. The van der Waals surface area contributed by atoms with Crippen LogP contribution in [0.5, 0.6) is 0 Å². The Hall–Kier alpha value is -19.3. The molecule has 6 heterocycles. The molecule has 0 spiro atoms. The molecule has 22 aromatic carbocycles. The summed E-state index contributed by atoms with van der Waals surface area (Å²) in [7, 11) is 0. The molecule has 31 rings (SSSR count). The Balaban J connectivity index is 0.514. The topological polar surface area (TPSA) is 51.9 Å². The first-order valence-corrected chi connectivity index (χ1v) is 50.0. The van der Waals surface area contributed by atoms with Crippen LogP contribution in [0.25, 0.3) is 315 Å². The predicted molar refractivity (Wildman–Crippen MR) is 605 cm³/mol. The van der Waals surface area contributed by atoms with Crippen LogP contribution in [0.2, 0.25) is 0 Å². The molecule has 0 N–H and O–H groups in total. The van der Waals surface area contributed by atoms with Gasteiger partial charge in [0.15, 0.2) is 0 Å². The van der Waals surface area contributed by atoms with E-state index >= 15 is 0 Å². The summed E-state index contributed by atoms with van der Waals surface area (Å²) in [6.45, 7) is 0. The SMILES string of the molecule is c1ccc(-c2c3c(c(-c4ccc(-c5ccc(-c6c7c(c(-c8ccc(-c9ccc(-c%10c%11c(c(-c%12ccccc%12)c%12ccccc%10%12)-c%10cccc%12c(-c%13cn%14ccccc%14n%13)ccc-%11c%10%12)cc9)cc8)c8ccccc68)-c6cccc8c(-c9ccc%10cc(-c%11cn%12ccccc%12n%11)ccc%10c9)ccc-7c68)cc5)cc4)c4ccccc24)-c2cccc4c(-c5ccc(-c6ccc(-c7cn8ccccc8n7)cc6)cc5)ccc-3c24)cc1. The Labute approximate surface area is 835 Å². The van der Waals surface area contributed by atoms with E-state index in [1.807, 2.05) is 36.5 Å². The van der Waals surface area contributed by atoms with Crippen molar-refractivity contribution >= 4 is 92.3 Å². The lowest BCUT2D eigenvalue weighted by Gasteiger charge is -2.21. The van der Waals surface area contributed by atoms with E-state index in [9.17, 15) is 0 Å². The largest absolute Gasteiger partial charge is 0.306 e. The second kappa shape index (κ2) is 31.6. The molecule has 0 bridgehead atoms. The molecule has 0 atom stereocenters. The maximum atomic E-state index is 5.19. The van der Waals surface area contributed by atoms with Crippen LogP contribution in [0.4, 0.5) is 0 Å². The number of rotatable bonds is 14. The highest BCUT2D eigenvalue weighted by Gasteiger charge is 2.37. The molecule has 0 amide bonds. The molecular formula is C139H82N6. The monoisotopic (exact) mass is 1830 g/mol. The first kappa shape index (κ1) is 80.7. The van der Waals surface area contributed by atoms with E-state index in [1.165, 1.54) is 231 Å². The quantitative estimate of drug-likeness (QED) is 0.109. The van der Waals surface area contributed by atoms with Crippen LogP contribution in [0.1, 0.15) is 0 Å². The van der Waals surface area contributed by atoms with Gasteiger partial charge in [0, 0.05) is 53.9 Å². The molecule has 668 valence electrons. The zero-order valence-corrected chi connectivity index (χ0v) is 78.5. The average molecular weight is 1840 g/mol. The fourth-order valence-electron chi connectivity index (χ4n) is 24.9. The van der Waals surface area contributed by atoms with Crippen molar-refractivity contribution in [3.05, 3.63) is 498 Å². The zero-order chi connectivity index (χ0) is 94.7. The van der Waals surface area contributed by atoms with Crippen molar-refractivity contribution in [2.45, 2.75) is 0 Å². The highest BCUT2D eigenvalue weighted by atomic mass is 15.0. The molecule has 0 unspecified atom stereocenters. The summed E-state index contributed by atoms with van der Waals surface area (Å²) in [6.07, 6.45) is 12.6. The molecule has 0 radical (unpaired) electrons. The number of pyridine rings is 3. The maximum absolute atomic E-state index is 5.19. The number of aromatic nitrogens is 6. The van der Waals surface area contributed by atoms with E-state index in [0.717, 1.165) is 84.1 Å². The standard InChI is InChI=1S/C139H82N6/c1-3-22-91(23-4-1)125-107-26-7-10-29-110(107)129(139-118-74-71-103(106-34-21-37-115(133(106)118)134(125)139)121-82-145-77-18-15-40-124(145)142-121)95-61-49-87(50-62-95)86-47-59-94(60-48-86)128-111-30-11-12-31-112(111)130(138-117-73-70-102(105-33-20-36-114(132(105)117)136(128)138)99-67-65-98-79-100(68-66-97(98)78-99)120-81-144-76-17-14-39-123(144)141-120)96-63-51-88(52-64-96)85-45-57-93(58-46-85)127-109-28-9-8-27-108(109)126(92-24-5-2-6-25-92)137-116-72-69-101(104-32-19-35-113(131(104)116)135(127)137)89-53-41-83(42-54-89)84-43-55-90(56-44-84)119-80-143-75-16-13-38-122(143)140-119/h1-82H. The molecule has 0 saturated heterocycles. The predicted octanol–water partition coefficient (Wildman–Crippen LogP) is 37.0. The van der Waals surface area contributed by atoms with Gasteiger partial charge >= 0.3 is 0 Å². The number of nitrogens with zero attached hydrogens (tertiary/aromatic N) is 6. The fourth-order valence-corrected chi connectivity index (χ4v) is 24.9. The molecule has 28 aromatic rings. The van der Waals surface area contributed by atoms with Gasteiger partial charge in [0.25, 0.3) is 0 Å². The van der Waals surface area contributed by atoms with Gasteiger partial charge in [0.2, 0.25) is 0 Å². The minimum Gasteiger partial charge on any atom is -0.306 e. The summed E-state index contributed by atoms with van der Waals surface area (Å²) in [6, 6.07) is 173. The van der Waals surface area contributed by atoms with E-state index in [0.29, 0.717) is 0 Å². The van der Waals surface area contributed by atoms with Gasteiger partial charge in [-0.15, -0.1) is 0 Å². The van der Waals surface area contributed by atoms with Crippen LogP contribution in [-0.2, 0) is 0 Å². The van der Waals surface area contributed by atoms with Crippen LogP contribution in [0.15, 0.2) is 498 Å². The number of hydrogen-bond donors (Lipinski definition) is 0. The molecule has 0 fully saturated rings. The van der Waals surface area contributed by atoms with E-state index in [2.05, 4.69) is 475 Å². The Morgan fingerprint density at radius 2 is 0.366 bits per heavy atom. The lowest BCUT2D eigenvalue weighted by molar-refractivity contribution is 1.19. The van der Waals surface area contributed by atoms with Crippen molar-refractivity contribution < 1.29 is 0 Å². The fraction of sp³-hybridized carbons (Fsp3) is 0. The molecular weight excluding hydrogens is 1750 g/mol. The Bertz CT molecular complexity index is 10200. The van der Waals surface area contributed by atoms with Gasteiger partial charge in [-0.05, 0) is 313 Å². The number of benzene rings is 22. The first-order chi connectivity index (χ1) is 71.9. The number of hydrogen-bond acceptors (Lipinski definition) is 3. The minimum absolute atomic E-state index is 0.929. The molecule has 6 nitrogen and oxygen atoms in total. The summed E-state index contributed by atoms with van der Waals surface area (Å²) < 4.78 is 6.29. The Kier molecular flexibility index (Phi) is 17.6. The van der Waals surface area contributed by atoms with Gasteiger partial charge in [-0.1, -0.05) is 413 Å². The lowest BCUT2D eigenvalue weighted by Crippen LogP contribution is -1.94. The molecule has 145 heavy (non-hydrogen) atoms. The maximum Gasteiger partial charge on any atom is 0.137 e. The molecule has 0 aliphatic heterocycles. The van der Waals surface area contributed by atoms with Crippen LogP contribution in [0, 0.1) is 0 Å². The van der Waals surface area contributed by atoms with Gasteiger partial charge in [-0.2, -0.15) is 0 Å². The second-order valence-electron chi connectivity index (χ2n) is 39.1. The van der Waals surface area contributed by atoms with Crippen molar-refractivity contribution in [1.82, 2.24) is 28.2 Å². The van der Waals surface area contributed by atoms with E-state index in [4.69, 9.17) is 15.0 Å². The summed E-state index contributed by atoms with van der Waals surface area (Å²) >= 11 is 0. The zero-order valence-electron chi connectivity index (χ0n) is 78.5. The third kappa shape index (κ3) is 12.4. The highest BCUT2D eigenvalue weighted by Crippen LogP contribution is 2.64. The second-order valence-corrected chi connectivity index (χ2v) is 39.1.